The molecule has 0 bridgehead atoms. The Labute approximate surface area is 155 Å². The number of nitrogens with one attached hydrogen (secondary N) is 2. The molecule has 0 fully saturated rings. The molecule has 7 heteroatoms. The normalized spacial score (nSPS) is 10.5. The summed E-state index contributed by atoms with van der Waals surface area (Å²) in [5.41, 5.74) is 2.74. The molecule has 2 N–H and O–H groups in total. The SMILES string of the molecule is Cc1cccc(NC(=O)CNC(=O)COC(=O)/C=C/c2cccs2)c1C. The van der Waals surface area contributed by atoms with E-state index in [0.29, 0.717) is 5.69 Å². The van der Waals surface area contributed by atoms with Crippen molar-refractivity contribution in [1.82, 2.24) is 5.32 Å². The van der Waals surface area contributed by atoms with Crippen LogP contribution < -0.4 is 10.6 Å². The Morgan fingerprint density at radius 2 is 1.92 bits per heavy atom. The Balaban J connectivity index is 1.70. The van der Waals surface area contributed by atoms with Gasteiger partial charge >= 0.3 is 5.97 Å². The van der Waals surface area contributed by atoms with Crippen molar-refractivity contribution in [2.75, 3.05) is 18.5 Å². The Morgan fingerprint density at radius 3 is 2.65 bits per heavy atom. The third kappa shape index (κ3) is 6.18. The molecule has 0 radical (unpaired) electrons. The predicted molar refractivity (Wildman–Crippen MR) is 102 cm³/mol. The first kappa shape index (κ1) is 19.4. The van der Waals surface area contributed by atoms with Gasteiger partial charge in [-0.15, -0.1) is 11.3 Å². The number of carbonyl (C=O) groups excluding carboxylic acids is 3. The number of thiophene rings is 1. The van der Waals surface area contributed by atoms with Crippen molar-refractivity contribution in [1.29, 1.82) is 0 Å². The van der Waals surface area contributed by atoms with E-state index >= 15 is 0 Å². The number of anilines is 1. The maximum atomic E-state index is 11.9. The smallest absolute Gasteiger partial charge is 0.331 e. The van der Waals surface area contributed by atoms with Crippen LogP contribution in [0.3, 0.4) is 0 Å². The van der Waals surface area contributed by atoms with Crippen LogP contribution in [-0.4, -0.2) is 30.9 Å². The highest BCUT2D eigenvalue weighted by atomic mass is 32.1. The second-order valence-corrected chi connectivity index (χ2v) is 6.51. The Bertz CT molecular complexity index is 813. The Morgan fingerprint density at radius 1 is 1.12 bits per heavy atom. The fourth-order valence-electron chi connectivity index (χ4n) is 2.03. The van der Waals surface area contributed by atoms with E-state index in [4.69, 9.17) is 4.74 Å². The van der Waals surface area contributed by atoms with Gasteiger partial charge in [0.25, 0.3) is 5.91 Å². The van der Waals surface area contributed by atoms with Crippen LogP contribution >= 0.6 is 11.3 Å². The molecule has 0 spiro atoms. The van der Waals surface area contributed by atoms with E-state index in [-0.39, 0.29) is 12.5 Å². The van der Waals surface area contributed by atoms with Crippen LogP contribution in [0.2, 0.25) is 0 Å². The number of rotatable bonds is 7. The minimum atomic E-state index is -0.617. The van der Waals surface area contributed by atoms with Crippen molar-refractivity contribution in [2.24, 2.45) is 0 Å². The van der Waals surface area contributed by atoms with Crippen LogP contribution in [-0.2, 0) is 19.1 Å². The van der Waals surface area contributed by atoms with Crippen LogP contribution in [0.1, 0.15) is 16.0 Å². The molecule has 136 valence electrons. The lowest BCUT2D eigenvalue weighted by Crippen LogP contribution is -2.35. The second kappa shape index (κ2) is 9.53. The summed E-state index contributed by atoms with van der Waals surface area (Å²) in [6, 6.07) is 9.32. The molecule has 2 aromatic rings. The van der Waals surface area contributed by atoms with Crippen LogP contribution in [0.4, 0.5) is 5.69 Å². The molecule has 0 unspecified atom stereocenters. The van der Waals surface area contributed by atoms with E-state index in [0.717, 1.165) is 16.0 Å². The number of aryl methyl sites for hydroxylation is 1. The standard InChI is InChI=1S/C19H20N2O4S/c1-13-5-3-7-16(14(13)2)21-17(22)11-20-18(23)12-25-19(24)9-8-15-6-4-10-26-15/h3-10H,11-12H2,1-2H3,(H,20,23)(H,21,22)/b9-8+. The van der Waals surface area contributed by atoms with Crippen LogP contribution in [0.5, 0.6) is 0 Å². The van der Waals surface area contributed by atoms with Crippen LogP contribution in [0.25, 0.3) is 6.08 Å². The number of hydrogen-bond acceptors (Lipinski definition) is 5. The summed E-state index contributed by atoms with van der Waals surface area (Å²) in [7, 11) is 0. The number of esters is 1. The van der Waals surface area contributed by atoms with Gasteiger partial charge in [-0.05, 0) is 48.6 Å². The molecule has 26 heavy (non-hydrogen) atoms. The molecule has 0 saturated heterocycles. The fraction of sp³-hybridized carbons (Fsp3) is 0.211. The number of carbonyl (C=O) groups is 3. The van der Waals surface area contributed by atoms with Gasteiger partial charge < -0.3 is 15.4 Å². The average Bonchev–Trinajstić information content (AvgIpc) is 3.14. The molecular weight excluding hydrogens is 352 g/mol. The van der Waals surface area contributed by atoms with Gasteiger partial charge in [-0.1, -0.05) is 18.2 Å². The fourth-order valence-corrected chi connectivity index (χ4v) is 2.65. The van der Waals surface area contributed by atoms with Gasteiger partial charge in [-0.3, -0.25) is 9.59 Å². The van der Waals surface area contributed by atoms with E-state index in [1.165, 1.54) is 17.4 Å². The Kier molecular flexibility index (Phi) is 7.11. The zero-order chi connectivity index (χ0) is 18.9. The van der Waals surface area contributed by atoms with Gasteiger partial charge in [0, 0.05) is 16.6 Å². The maximum absolute atomic E-state index is 11.9. The summed E-state index contributed by atoms with van der Waals surface area (Å²) in [4.78, 5) is 36.0. The van der Waals surface area contributed by atoms with Gasteiger partial charge in [0.1, 0.15) is 0 Å². The molecule has 0 aliphatic heterocycles. The van der Waals surface area contributed by atoms with E-state index in [1.54, 1.807) is 12.1 Å². The molecule has 6 nitrogen and oxygen atoms in total. The molecule has 2 amide bonds. The monoisotopic (exact) mass is 372 g/mol. The number of ether oxygens (including phenoxy) is 1. The highest BCUT2D eigenvalue weighted by Gasteiger charge is 2.09. The summed E-state index contributed by atoms with van der Waals surface area (Å²) in [6.45, 7) is 3.22. The lowest BCUT2D eigenvalue weighted by Gasteiger charge is -2.11. The van der Waals surface area contributed by atoms with E-state index in [1.807, 2.05) is 43.5 Å². The zero-order valence-electron chi connectivity index (χ0n) is 14.6. The number of benzene rings is 1. The quantitative estimate of drug-likeness (QED) is 0.578. The highest BCUT2D eigenvalue weighted by Crippen LogP contribution is 2.17. The summed E-state index contributed by atoms with van der Waals surface area (Å²) in [6.07, 6.45) is 2.87. The lowest BCUT2D eigenvalue weighted by molar-refractivity contribution is -0.143. The van der Waals surface area contributed by atoms with Crippen molar-refractivity contribution in [3.63, 3.8) is 0 Å². The van der Waals surface area contributed by atoms with Crippen LogP contribution in [0.15, 0.2) is 41.8 Å². The van der Waals surface area contributed by atoms with Crippen molar-refractivity contribution >= 4 is 40.9 Å². The molecule has 0 aliphatic carbocycles. The highest BCUT2D eigenvalue weighted by molar-refractivity contribution is 7.10. The molecule has 0 saturated carbocycles. The number of hydrogen-bond donors (Lipinski definition) is 2. The third-order valence-electron chi connectivity index (χ3n) is 3.60. The van der Waals surface area contributed by atoms with Crippen molar-refractivity contribution in [3.05, 3.63) is 57.8 Å². The second-order valence-electron chi connectivity index (χ2n) is 5.53. The molecule has 2 rings (SSSR count). The van der Waals surface area contributed by atoms with Crippen molar-refractivity contribution in [2.45, 2.75) is 13.8 Å². The van der Waals surface area contributed by atoms with Crippen molar-refractivity contribution in [3.8, 4) is 0 Å². The maximum Gasteiger partial charge on any atom is 0.331 e. The minimum Gasteiger partial charge on any atom is -0.452 e. The van der Waals surface area contributed by atoms with E-state index in [2.05, 4.69) is 10.6 Å². The molecule has 0 aliphatic rings. The summed E-state index contributed by atoms with van der Waals surface area (Å²) >= 11 is 1.48. The van der Waals surface area contributed by atoms with Crippen molar-refractivity contribution < 1.29 is 19.1 Å². The predicted octanol–water partition coefficient (Wildman–Crippen LogP) is 2.68. The Hall–Kier alpha value is -2.93. The average molecular weight is 372 g/mol. The molecule has 1 heterocycles. The van der Waals surface area contributed by atoms with Crippen LogP contribution in [0, 0.1) is 13.8 Å². The first-order valence-corrected chi connectivity index (χ1v) is 8.85. The summed E-state index contributed by atoms with van der Waals surface area (Å²) in [5, 5.41) is 7.04. The van der Waals surface area contributed by atoms with Gasteiger partial charge in [-0.2, -0.15) is 0 Å². The van der Waals surface area contributed by atoms with E-state index < -0.39 is 18.5 Å². The first-order valence-electron chi connectivity index (χ1n) is 7.97. The summed E-state index contributed by atoms with van der Waals surface area (Å²) in [5.74, 6) is -1.51. The largest absolute Gasteiger partial charge is 0.452 e. The van der Waals surface area contributed by atoms with Gasteiger partial charge in [0.15, 0.2) is 6.61 Å². The van der Waals surface area contributed by atoms with Gasteiger partial charge in [0.2, 0.25) is 5.91 Å². The van der Waals surface area contributed by atoms with Gasteiger partial charge in [-0.25, -0.2) is 4.79 Å². The minimum absolute atomic E-state index is 0.200. The molecular formula is C19H20N2O4S. The lowest BCUT2D eigenvalue weighted by atomic mass is 10.1. The molecule has 0 atom stereocenters. The molecule has 1 aromatic carbocycles. The zero-order valence-corrected chi connectivity index (χ0v) is 15.4. The summed E-state index contributed by atoms with van der Waals surface area (Å²) < 4.78 is 4.82. The van der Waals surface area contributed by atoms with Gasteiger partial charge in [0.05, 0.1) is 6.54 Å². The third-order valence-corrected chi connectivity index (χ3v) is 4.43. The number of amides is 2. The van der Waals surface area contributed by atoms with E-state index in [9.17, 15) is 14.4 Å². The molecule has 1 aromatic heterocycles. The first-order chi connectivity index (χ1) is 12.5. The topological polar surface area (TPSA) is 84.5 Å².